The molecule has 114 valence electrons. The number of halogens is 2. The molecule has 0 fully saturated rings. The molecule has 2 rings (SSSR count). The SMILES string of the molecule is CCN(c1cc(O)ccc1C)S(=O)(=O)c1cc(Cl)c(Br)s1. The number of anilines is 1. The van der Waals surface area contributed by atoms with Crippen molar-refractivity contribution in [1.29, 1.82) is 0 Å². The van der Waals surface area contributed by atoms with Crippen LogP contribution in [0.3, 0.4) is 0 Å². The lowest BCUT2D eigenvalue weighted by Crippen LogP contribution is -2.30. The number of hydrogen-bond donors (Lipinski definition) is 1. The van der Waals surface area contributed by atoms with Crippen LogP contribution in [0.2, 0.25) is 5.02 Å². The van der Waals surface area contributed by atoms with Gasteiger partial charge in [0.2, 0.25) is 0 Å². The lowest BCUT2D eigenvalue weighted by molar-refractivity contribution is 0.475. The van der Waals surface area contributed by atoms with E-state index in [0.717, 1.165) is 16.9 Å². The zero-order chi connectivity index (χ0) is 15.8. The Hall–Kier alpha value is -0.760. The molecule has 1 aromatic heterocycles. The van der Waals surface area contributed by atoms with Crippen LogP contribution in [-0.4, -0.2) is 20.1 Å². The Morgan fingerprint density at radius 1 is 1.38 bits per heavy atom. The van der Waals surface area contributed by atoms with Crippen molar-refractivity contribution in [3.8, 4) is 5.75 Å². The number of benzene rings is 1. The minimum Gasteiger partial charge on any atom is -0.508 e. The van der Waals surface area contributed by atoms with Gasteiger partial charge in [-0.25, -0.2) is 8.42 Å². The fraction of sp³-hybridized carbons (Fsp3) is 0.231. The summed E-state index contributed by atoms with van der Waals surface area (Å²) >= 11 is 10.2. The van der Waals surface area contributed by atoms with E-state index in [0.29, 0.717) is 14.5 Å². The highest BCUT2D eigenvalue weighted by Crippen LogP contribution is 2.38. The van der Waals surface area contributed by atoms with Crippen LogP contribution >= 0.6 is 38.9 Å². The van der Waals surface area contributed by atoms with Crippen molar-refractivity contribution in [2.24, 2.45) is 0 Å². The zero-order valence-corrected chi connectivity index (χ0v) is 15.3. The van der Waals surface area contributed by atoms with Crippen LogP contribution in [-0.2, 0) is 10.0 Å². The van der Waals surface area contributed by atoms with E-state index in [1.807, 2.05) is 0 Å². The third kappa shape index (κ3) is 3.21. The molecule has 0 aliphatic carbocycles. The highest BCUT2D eigenvalue weighted by molar-refractivity contribution is 9.11. The number of phenols is 1. The van der Waals surface area contributed by atoms with E-state index in [-0.39, 0.29) is 16.5 Å². The molecule has 0 saturated carbocycles. The van der Waals surface area contributed by atoms with Crippen LogP contribution in [0.1, 0.15) is 12.5 Å². The number of aromatic hydroxyl groups is 1. The Labute approximate surface area is 141 Å². The first-order valence-electron chi connectivity index (χ1n) is 6.04. The molecule has 0 atom stereocenters. The second kappa shape index (κ2) is 6.16. The molecule has 21 heavy (non-hydrogen) atoms. The van der Waals surface area contributed by atoms with Gasteiger partial charge >= 0.3 is 0 Å². The fourth-order valence-electron chi connectivity index (χ4n) is 1.90. The third-order valence-electron chi connectivity index (χ3n) is 2.92. The van der Waals surface area contributed by atoms with Crippen molar-refractivity contribution in [3.05, 3.63) is 38.6 Å². The predicted molar refractivity (Wildman–Crippen MR) is 90.1 cm³/mol. The van der Waals surface area contributed by atoms with E-state index in [2.05, 4.69) is 15.9 Å². The Morgan fingerprint density at radius 3 is 2.57 bits per heavy atom. The van der Waals surface area contributed by atoms with Crippen LogP contribution in [0.5, 0.6) is 5.75 Å². The Morgan fingerprint density at radius 2 is 2.05 bits per heavy atom. The minimum atomic E-state index is -3.72. The van der Waals surface area contributed by atoms with Crippen molar-refractivity contribution < 1.29 is 13.5 Å². The fourth-order valence-corrected chi connectivity index (χ4v) is 5.94. The van der Waals surface area contributed by atoms with Crippen molar-refractivity contribution >= 4 is 54.6 Å². The summed E-state index contributed by atoms with van der Waals surface area (Å²) in [7, 11) is -3.72. The standard InChI is InChI=1S/C13H13BrClNO3S2/c1-3-16(11-6-9(17)5-4-8(11)2)21(18,19)12-7-10(15)13(14)20-12/h4-7,17H,3H2,1-2H3. The number of sulfonamides is 1. The monoisotopic (exact) mass is 409 g/mol. The molecule has 4 nitrogen and oxygen atoms in total. The molecule has 1 heterocycles. The first-order chi connectivity index (χ1) is 9.77. The number of nitrogens with zero attached hydrogens (tertiary/aromatic N) is 1. The van der Waals surface area contributed by atoms with E-state index in [1.54, 1.807) is 19.9 Å². The molecule has 0 spiro atoms. The lowest BCUT2D eigenvalue weighted by atomic mass is 10.2. The average molecular weight is 411 g/mol. The number of thiophene rings is 1. The van der Waals surface area contributed by atoms with Gasteiger partial charge in [0.05, 0.1) is 14.5 Å². The van der Waals surface area contributed by atoms with Gasteiger partial charge in [0.1, 0.15) is 9.96 Å². The molecule has 8 heteroatoms. The second-order valence-corrected chi connectivity index (χ2v) is 9.19. The van der Waals surface area contributed by atoms with Gasteiger partial charge in [-0.05, 0) is 47.5 Å². The normalized spacial score (nSPS) is 11.6. The maximum atomic E-state index is 12.8. The molecule has 0 radical (unpaired) electrons. The maximum Gasteiger partial charge on any atom is 0.273 e. The first kappa shape index (κ1) is 16.6. The summed E-state index contributed by atoms with van der Waals surface area (Å²) in [5, 5.41) is 9.98. The molecular formula is C13H13BrClNO3S2. The Balaban J connectivity index is 2.57. The van der Waals surface area contributed by atoms with E-state index >= 15 is 0 Å². The quantitative estimate of drug-likeness (QED) is 0.813. The first-order valence-corrected chi connectivity index (χ1v) is 9.47. The summed E-state index contributed by atoms with van der Waals surface area (Å²) in [5.41, 5.74) is 1.22. The highest BCUT2D eigenvalue weighted by Gasteiger charge is 2.27. The molecule has 0 unspecified atom stereocenters. The van der Waals surface area contributed by atoms with Gasteiger partial charge in [-0.15, -0.1) is 11.3 Å². The van der Waals surface area contributed by atoms with Crippen molar-refractivity contribution in [3.63, 3.8) is 0 Å². The molecular weight excluding hydrogens is 398 g/mol. The zero-order valence-electron chi connectivity index (χ0n) is 11.3. The average Bonchev–Trinajstić information content (AvgIpc) is 2.75. The summed E-state index contributed by atoms with van der Waals surface area (Å²) < 4.78 is 27.5. The van der Waals surface area contributed by atoms with E-state index in [9.17, 15) is 13.5 Å². The highest BCUT2D eigenvalue weighted by atomic mass is 79.9. The van der Waals surface area contributed by atoms with Gasteiger partial charge in [-0.3, -0.25) is 4.31 Å². The van der Waals surface area contributed by atoms with Gasteiger partial charge in [-0.1, -0.05) is 17.7 Å². The lowest BCUT2D eigenvalue weighted by Gasteiger charge is -2.23. The van der Waals surface area contributed by atoms with Crippen LogP contribution in [0.15, 0.2) is 32.3 Å². The third-order valence-corrected chi connectivity index (χ3v) is 7.73. The van der Waals surface area contributed by atoms with Gasteiger partial charge in [0, 0.05) is 12.6 Å². The maximum absolute atomic E-state index is 12.8. The number of phenolic OH excluding ortho intramolecular Hbond substituents is 1. The Bertz CT molecular complexity index is 754. The smallest absolute Gasteiger partial charge is 0.273 e. The van der Waals surface area contributed by atoms with Gasteiger partial charge in [0.15, 0.2) is 0 Å². The van der Waals surface area contributed by atoms with E-state index in [4.69, 9.17) is 11.6 Å². The summed E-state index contributed by atoms with van der Waals surface area (Å²) in [6.45, 7) is 3.79. The number of rotatable bonds is 4. The molecule has 2 aromatic rings. The topological polar surface area (TPSA) is 57.6 Å². The van der Waals surface area contributed by atoms with Crippen molar-refractivity contribution in [1.82, 2.24) is 0 Å². The molecule has 0 saturated heterocycles. The van der Waals surface area contributed by atoms with Crippen molar-refractivity contribution in [2.45, 2.75) is 18.1 Å². The molecule has 1 N–H and O–H groups in total. The molecule has 0 aliphatic heterocycles. The largest absolute Gasteiger partial charge is 0.508 e. The van der Waals surface area contributed by atoms with Crippen LogP contribution in [0, 0.1) is 6.92 Å². The summed E-state index contributed by atoms with van der Waals surface area (Å²) in [6.07, 6.45) is 0. The summed E-state index contributed by atoms with van der Waals surface area (Å²) in [6, 6.07) is 6.07. The Kier molecular flexibility index (Phi) is 4.87. The van der Waals surface area contributed by atoms with E-state index in [1.165, 1.54) is 22.5 Å². The molecule has 0 bridgehead atoms. The van der Waals surface area contributed by atoms with Gasteiger partial charge in [0.25, 0.3) is 10.0 Å². The number of aryl methyl sites for hydroxylation is 1. The molecule has 0 aliphatic rings. The summed E-state index contributed by atoms with van der Waals surface area (Å²) in [5.74, 6) is 0.0228. The molecule has 1 aromatic carbocycles. The van der Waals surface area contributed by atoms with Crippen LogP contribution in [0.25, 0.3) is 0 Å². The van der Waals surface area contributed by atoms with Crippen molar-refractivity contribution in [2.75, 3.05) is 10.8 Å². The summed E-state index contributed by atoms with van der Waals surface area (Å²) in [4.78, 5) is 0. The molecule has 0 amide bonds. The second-order valence-electron chi connectivity index (χ2n) is 4.33. The predicted octanol–water partition coefficient (Wildman–Crippen LogP) is 4.39. The van der Waals surface area contributed by atoms with E-state index < -0.39 is 10.0 Å². The van der Waals surface area contributed by atoms with Crippen LogP contribution < -0.4 is 4.31 Å². The number of hydrogen-bond acceptors (Lipinski definition) is 4. The van der Waals surface area contributed by atoms with Gasteiger partial charge in [-0.2, -0.15) is 0 Å². The van der Waals surface area contributed by atoms with Crippen LogP contribution in [0.4, 0.5) is 5.69 Å². The van der Waals surface area contributed by atoms with Gasteiger partial charge < -0.3 is 5.11 Å². The minimum absolute atomic E-state index is 0.0228.